The predicted molar refractivity (Wildman–Crippen MR) is 126 cm³/mol. The van der Waals surface area contributed by atoms with Crippen LogP contribution in [0, 0.1) is 17.1 Å². The molecular formula is C24H18Br2FNO3. The van der Waals surface area contributed by atoms with Gasteiger partial charge in [0, 0.05) is 10.0 Å². The van der Waals surface area contributed by atoms with Crippen LogP contribution < -0.4 is 14.2 Å². The number of benzene rings is 3. The van der Waals surface area contributed by atoms with Crippen molar-refractivity contribution < 1.29 is 18.6 Å². The molecule has 3 aromatic carbocycles. The smallest absolute Gasteiger partial charge is 0.161 e. The quantitative estimate of drug-likeness (QED) is 0.236. The molecule has 31 heavy (non-hydrogen) atoms. The molecule has 3 aromatic rings. The second-order valence-corrected chi connectivity index (χ2v) is 8.23. The fourth-order valence-electron chi connectivity index (χ4n) is 2.96. The molecule has 0 saturated heterocycles. The Morgan fingerprint density at radius 3 is 2.48 bits per heavy atom. The summed E-state index contributed by atoms with van der Waals surface area (Å²) in [5, 5.41) is 9.80. The molecule has 0 saturated carbocycles. The number of hydrogen-bond acceptors (Lipinski definition) is 4. The Balaban J connectivity index is 2.00. The largest absolute Gasteiger partial charge is 0.493 e. The van der Waals surface area contributed by atoms with Gasteiger partial charge < -0.3 is 14.2 Å². The second kappa shape index (κ2) is 10.5. The van der Waals surface area contributed by atoms with E-state index in [9.17, 15) is 9.65 Å². The van der Waals surface area contributed by atoms with Crippen molar-refractivity contribution >= 4 is 43.5 Å². The molecule has 0 aliphatic heterocycles. The van der Waals surface area contributed by atoms with Crippen LogP contribution in [-0.2, 0) is 6.61 Å². The van der Waals surface area contributed by atoms with Crippen molar-refractivity contribution in [2.75, 3.05) is 14.2 Å². The van der Waals surface area contributed by atoms with Crippen molar-refractivity contribution in [1.29, 1.82) is 5.26 Å². The van der Waals surface area contributed by atoms with Crippen LogP contribution in [-0.4, -0.2) is 14.2 Å². The Bertz CT molecular complexity index is 1170. The van der Waals surface area contributed by atoms with Crippen molar-refractivity contribution in [3.8, 4) is 23.3 Å². The maximum absolute atomic E-state index is 13.5. The van der Waals surface area contributed by atoms with Gasteiger partial charge in [-0.3, -0.25) is 0 Å². The Kier molecular flexibility index (Phi) is 7.72. The van der Waals surface area contributed by atoms with Crippen molar-refractivity contribution in [3.63, 3.8) is 0 Å². The van der Waals surface area contributed by atoms with E-state index in [0.29, 0.717) is 44.0 Å². The Morgan fingerprint density at radius 1 is 1.03 bits per heavy atom. The predicted octanol–water partition coefficient (Wildman–Crippen LogP) is 7.01. The lowest BCUT2D eigenvalue weighted by molar-refractivity contribution is 0.303. The number of methoxy groups -OCH3 is 2. The highest BCUT2D eigenvalue weighted by molar-refractivity contribution is 9.11. The molecular weight excluding hydrogens is 529 g/mol. The number of nitriles is 1. The SMILES string of the molecule is COc1ccc(/C(C#N)=C/c2cc(Br)cc(Br)c2OCc2cccc(F)c2)cc1OC. The lowest BCUT2D eigenvalue weighted by atomic mass is 10.0. The number of hydrogen-bond donors (Lipinski definition) is 0. The summed E-state index contributed by atoms with van der Waals surface area (Å²) in [6, 6.07) is 17.4. The van der Waals surface area contributed by atoms with E-state index >= 15 is 0 Å². The molecule has 0 atom stereocenters. The van der Waals surface area contributed by atoms with Crippen molar-refractivity contribution in [1.82, 2.24) is 0 Å². The summed E-state index contributed by atoms with van der Waals surface area (Å²) in [7, 11) is 3.10. The third kappa shape index (κ3) is 5.66. The molecule has 0 spiro atoms. The first-order valence-corrected chi connectivity index (χ1v) is 10.7. The highest BCUT2D eigenvalue weighted by Crippen LogP contribution is 2.37. The number of halogens is 3. The average Bonchev–Trinajstić information content (AvgIpc) is 2.76. The Labute approximate surface area is 197 Å². The van der Waals surface area contributed by atoms with E-state index in [4.69, 9.17) is 14.2 Å². The topological polar surface area (TPSA) is 51.5 Å². The molecule has 0 aliphatic carbocycles. The van der Waals surface area contributed by atoms with Gasteiger partial charge in [0.15, 0.2) is 11.5 Å². The van der Waals surface area contributed by atoms with Gasteiger partial charge in [-0.15, -0.1) is 0 Å². The van der Waals surface area contributed by atoms with E-state index in [1.165, 1.54) is 12.1 Å². The highest BCUT2D eigenvalue weighted by Gasteiger charge is 2.13. The summed E-state index contributed by atoms with van der Waals surface area (Å²) in [6.45, 7) is 0.178. The molecule has 0 fully saturated rings. The fraction of sp³-hybridized carbons (Fsp3) is 0.125. The van der Waals surface area contributed by atoms with Crippen LogP contribution in [0.5, 0.6) is 17.2 Å². The maximum Gasteiger partial charge on any atom is 0.161 e. The molecule has 0 heterocycles. The van der Waals surface area contributed by atoms with Crippen molar-refractivity contribution in [3.05, 3.63) is 86.1 Å². The zero-order valence-corrected chi connectivity index (χ0v) is 20.0. The second-order valence-electron chi connectivity index (χ2n) is 6.46. The fourth-order valence-corrected chi connectivity index (χ4v) is 4.33. The van der Waals surface area contributed by atoms with Crippen LogP contribution in [0.2, 0.25) is 0 Å². The minimum atomic E-state index is -0.323. The molecule has 0 aromatic heterocycles. The molecule has 0 unspecified atom stereocenters. The van der Waals surface area contributed by atoms with Crippen LogP contribution in [0.3, 0.4) is 0 Å². The summed E-state index contributed by atoms with van der Waals surface area (Å²) >= 11 is 7.00. The molecule has 7 heteroatoms. The molecule has 0 radical (unpaired) electrons. The van der Waals surface area contributed by atoms with Crippen LogP contribution in [0.15, 0.2) is 63.5 Å². The van der Waals surface area contributed by atoms with Gasteiger partial charge in [0.25, 0.3) is 0 Å². The van der Waals surface area contributed by atoms with Crippen molar-refractivity contribution in [2.24, 2.45) is 0 Å². The van der Waals surface area contributed by atoms with Gasteiger partial charge in [-0.05, 0) is 75.6 Å². The monoisotopic (exact) mass is 545 g/mol. The van der Waals surface area contributed by atoms with E-state index in [0.717, 1.165) is 4.47 Å². The molecule has 0 amide bonds. The first-order chi connectivity index (χ1) is 14.9. The number of rotatable bonds is 7. The lowest BCUT2D eigenvalue weighted by Crippen LogP contribution is -1.99. The van der Waals surface area contributed by atoms with E-state index in [1.54, 1.807) is 50.6 Å². The molecule has 158 valence electrons. The minimum absolute atomic E-state index is 0.178. The Hall–Kier alpha value is -2.82. The average molecular weight is 547 g/mol. The van der Waals surface area contributed by atoms with Crippen LogP contribution >= 0.6 is 31.9 Å². The lowest BCUT2D eigenvalue weighted by Gasteiger charge is -2.13. The standard InChI is InChI=1S/C24H18Br2FNO3/c1-29-22-7-6-16(11-23(22)30-2)18(13-28)9-17-10-19(25)12-21(26)24(17)31-14-15-4-3-5-20(27)8-15/h3-12H,14H2,1-2H3/b18-9+. The first kappa shape index (κ1) is 22.9. The summed E-state index contributed by atoms with van der Waals surface area (Å²) in [5.74, 6) is 1.32. The molecule has 0 bridgehead atoms. The van der Waals surface area contributed by atoms with Gasteiger partial charge in [0.05, 0.1) is 30.3 Å². The summed E-state index contributed by atoms with van der Waals surface area (Å²) < 4.78 is 31.6. The third-order valence-corrected chi connectivity index (χ3v) is 5.47. The van der Waals surface area contributed by atoms with Crippen molar-refractivity contribution in [2.45, 2.75) is 6.61 Å². The molecule has 3 rings (SSSR count). The van der Waals surface area contributed by atoms with Gasteiger partial charge in [-0.25, -0.2) is 4.39 Å². The van der Waals surface area contributed by atoms with Gasteiger partial charge in [-0.2, -0.15) is 5.26 Å². The van der Waals surface area contributed by atoms with E-state index in [-0.39, 0.29) is 12.4 Å². The van der Waals surface area contributed by atoms with E-state index in [1.807, 2.05) is 12.1 Å². The normalized spacial score (nSPS) is 11.0. The summed E-state index contributed by atoms with van der Waals surface area (Å²) in [5.41, 5.74) is 2.48. The Morgan fingerprint density at radius 2 is 1.81 bits per heavy atom. The third-order valence-electron chi connectivity index (χ3n) is 4.42. The van der Waals surface area contributed by atoms with Crippen LogP contribution in [0.25, 0.3) is 11.6 Å². The number of ether oxygens (including phenoxy) is 3. The number of nitrogens with zero attached hydrogens (tertiary/aromatic N) is 1. The van der Waals surface area contributed by atoms with Crippen LogP contribution in [0.4, 0.5) is 4.39 Å². The first-order valence-electron chi connectivity index (χ1n) is 9.15. The van der Waals surface area contributed by atoms with E-state index < -0.39 is 0 Å². The van der Waals surface area contributed by atoms with Gasteiger partial charge in [0.1, 0.15) is 18.2 Å². The van der Waals surface area contributed by atoms with Gasteiger partial charge >= 0.3 is 0 Å². The summed E-state index contributed by atoms with van der Waals surface area (Å²) in [6.07, 6.45) is 1.73. The van der Waals surface area contributed by atoms with Gasteiger partial charge in [-0.1, -0.05) is 28.1 Å². The molecule has 0 aliphatic rings. The molecule has 0 N–H and O–H groups in total. The number of allylic oxidation sites excluding steroid dienone is 1. The summed E-state index contributed by atoms with van der Waals surface area (Å²) in [4.78, 5) is 0. The van der Waals surface area contributed by atoms with Crippen LogP contribution in [0.1, 0.15) is 16.7 Å². The zero-order valence-electron chi connectivity index (χ0n) is 16.8. The maximum atomic E-state index is 13.5. The zero-order chi connectivity index (χ0) is 22.4. The van der Waals surface area contributed by atoms with E-state index in [2.05, 4.69) is 37.9 Å². The highest BCUT2D eigenvalue weighted by atomic mass is 79.9. The van der Waals surface area contributed by atoms with Gasteiger partial charge in [0.2, 0.25) is 0 Å². The molecule has 4 nitrogen and oxygen atoms in total. The minimum Gasteiger partial charge on any atom is -0.493 e.